The van der Waals surface area contributed by atoms with Crippen LogP contribution in [0.4, 0.5) is 0 Å². The van der Waals surface area contributed by atoms with E-state index in [-0.39, 0.29) is 0 Å². The third-order valence-electron chi connectivity index (χ3n) is 2.71. The lowest BCUT2D eigenvalue weighted by Crippen LogP contribution is -1.82. The Bertz CT molecular complexity index is 524. The highest BCUT2D eigenvalue weighted by Crippen LogP contribution is 2.20. The van der Waals surface area contributed by atoms with Crippen LogP contribution in [0.1, 0.15) is 18.1 Å². The predicted octanol–water partition coefficient (Wildman–Crippen LogP) is 4.87. The van der Waals surface area contributed by atoms with Crippen LogP contribution < -0.4 is 0 Å². The van der Waals surface area contributed by atoms with E-state index in [0.717, 1.165) is 20.3 Å². The fourth-order valence-corrected chi connectivity index (χ4v) is 1.67. The first-order valence-electron chi connectivity index (χ1n) is 6.22. The van der Waals surface area contributed by atoms with Crippen molar-refractivity contribution < 1.29 is 0 Å². The maximum Gasteiger partial charge on any atom is 0.0991 e. The first-order valence-corrected chi connectivity index (χ1v) is 9.53. The van der Waals surface area contributed by atoms with Crippen molar-refractivity contribution in [1.82, 2.24) is 0 Å². The van der Waals surface area contributed by atoms with Gasteiger partial charge in [0.15, 0.2) is 0 Å². The summed E-state index contributed by atoms with van der Waals surface area (Å²) in [5, 5.41) is 8.72. The molecule has 0 aliphatic carbocycles. The Morgan fingerprint density at radius 2 is 1.42 bits per heavy atom. The fraction of sp³-hybridized carbons (Fsp3) is 0.188. The number of hydrogen-bond acceptors (Lipinski definition) is 1. The quantitative estimate of drug-likeness (QED) is 0.723. The highest BCUT2D eigenvalue weighted by molar-refractivity contribution is 8.02. The summed E-state index contributed by atoms with van der Waals surface area (Å²) in [7, 11) is 3.61. The third kappa shape index (κ3) is 5.12. The van der Waals surface area contributed by atoms with Gasteiger partial charge in [0.2, 0.25) is 0 Å². The van der Waals surface area contributed by atoms with Crippen LogP contribution in [0.5, 0.6) is 0 Å². The molecule has 0 saturated carbocycles. The maximum absolute atomic E-state index is 8.72. The lowest BCUT2D eigenvalue weighted by atomic mass is 10.0. The van der Waals surface area contributed by atoms with Crippen LogP contribution >= 0.6 is 17.2 Å². The molecular formula is C16H19NP2. The van der Waals surface area contributed by atoms with Crippen molar-refractivity contribution in [2.24, 2.45) is 0 Å². The van der Waals surface area contributed by atoms with E-state index in [1.807, 2.05) is 24.3 Å². The van der Waals surface area contributed by atoms with E-state index < -0.39 is 0 Å². The SMILES string of the molecule is CCc1ccc(-c2ccc(C#N)cc2)cc1.CPP. The van der Waals surface area contributed by atoms with Crippen molar-refractivity contribution in [3.05, 3.63) is 59.7 Å². The van der Waals surface area contributed by atoms with E-state index in [1.54, 1.807) is 0 Å². The summed E-state index contributed by atoms with van der Waals surface area (Å²) in [6.07, 6.45) is 1.06. The number of nitriles is 1. The minimum absolute atomic E-state index is 0.703. The number of rotatable bonds is 2. The largest absolute Gasteiger partial charge is 0.192 e. The molecule has 0 spiro atoms. The van der Waals surface area contributed by atoms with Crippen molar-refractivity contribution in [2.45, 2.75) is 13.3 Å². The van der Waals surface area contributed by atoms with Gasteiger partial charge in [-0.05, 0) is 41.9 Å². The normalized spacial score (nSPS) is 9.79. The van der Waals surface area contributed by atoms with Crippen molar-refractivity contribution in [3.8, 4) is 17.2 Å². The Kier molecular flexibility index (Phi) is 7.35. The van der Waals surface area contributed by atoms with Gasteiger partial charge in [-0.15, -0.1) is 17.2 Å². The van der Waals surface area contributed by atoms with Crippen LogP contribution in [0.2, 0.25) is 0 Å². The van der Waals surface area contributed by atoms with Gasteiger partial charge in [-0.25, -0.2) is 0 Å². The summed E-state index contributed by atoms with van der Waals surface area (Å²) >= 11 is 0. The van der Waals surface area contributed by atoms with Crippen molar-refractivity contribution >= 4 is 17.2 Å². The van der Waals surface area contributed by atoms with E-state index in [1.165, 1.54) is 11.1 Å². The van der Waals surface area contributed by atoms with Crippen LogP contribution in [0.15, 0.2) is 48.5 Å². The second-order valence-electron chi connectivity index (χ2n) is 4.03. The minimum atomic E-state index is 0.703. The third-order valence-corrected chi connectivity index (χ3v) is 2.71. The van der Waals surface area contributed by atoms with Gasteiger partial charge >= 0.3 is 0 Å². The average Bonchev–Trinajstić information content (AvgIpc) is 2.48. The zero-order valence-corrected chi connectivity index (χ0v) is 13.5. The van der Waals surface area contributed by atoms with Gasteiger partial charge in [0.25, 0.3) is 0 Å². The van der Waals surface area contributed by atoms with Gasteiger partial charge < -0.3 is 0 Å². The molecular weight excluding hydrogens is 268 g/mol. The van der Waals surface area contributed by atoms with Crippen LogP contribution in [0, 0.1) is 11.3 Å². The number of nitrogens with zero attached hydrogens (tertiary/aromatic N) is 1. The molecule has 0 N–H and O–H groups in total. The molecule has 0 aromatic heterocycles. The van der Waals surface area contributed by atoms with Gasteiger partial charge in [0.05, 0.1) is 11.6 Å². The Balaban J connectivity index is 0.000000550. The summed E-state index contributed by atoms with van der Waals surface area (Å²) in [5.74, 6) is 0. The van der Waals surface area contributed by atoms with E-state index in [4.69, 9.17) is 5.26 Å². The zero-order chi connectivity index (χ0) is 14.1. The molecule has 2 aromatic carbocycles. The summed E-state index contributed by atoms with van der Waals surface area (Å²) in [6.45, 7) is 4.27. The van der Waals surface area contributed by atoms with Gasteiger partial charge in [0.1, 0.15) is 0 Å². The first-order chi connectivity index (χ1) is 9.24. The molecule has 2 rings (SSSR count). The molecule has 3 heteroatoms. The number of hydrogen-bond donors (Lipinski definition) is 0. The monoisotopic (exact) mass is 287 g/mol. The maximum atomic E-state index is 8.72. The van der Waals surface area contributed by atoms with E-state index in [9.17, 15) is 0 Å². The van der Waals surface area contributed by atoms with Crippen molar-refractivity contribution in [1.29, 1.82) is 5.26 Å². The van der Waals surface area contributed by atoms with Gasteiger partial charge in [-0.2, -0.15) is 5.26 Å². The molecule has 2 aromatic rings. The summed E-state index contributed by atoms with van der Waals surface area (Å²) in [5.41, 5.74) is 4.40. The summed E-state index contributed by atoms with van der Waals surface area (Å²) in [6, 6.07) is 18.3. The Morgan fingerprint density at radius 3 is 1.79 bits per heavy atom. The standard InChI is InChI=1S/C15H13N.CH6P2/c1-2-12-3-7-14(8-4-12)15-9-5-13(11-16)6-10-15;1-3-2/h3-10H,2H2,1H3;3H,2H2,1H3. The second-order valence-corrected chi connectivity index (χ2v) is 6.34. The van der Waals surface area contributed by atoms with Crippen molar-refractivity contribution in [2.75, 3.05) is 6.66 Å². The molecule has 0 amide bonds. The van der Waals surface area contributed by atoms with Gasteiger partial charge in [-0.1, -0.05) is 43.3 Å². The van der Waals surface area contributed by atoms with Crippen LogP contribution in [0.25, 0.3) is 11.1 Å². The molecule has 0 radical (unpaired) electrons. The molecule has 0 fully saturated rings. The highest BCUT2D eigenvalue weighted by Gasteiger charge is 1.97. The topological polar surface area (TPSA) is 23.8 Å². The van der Waals surface area contributed by atoms with Crippen molar-refractivity contribution in [3.63, 3.8) is 0 Å². The fourth-order valence-electron chi connectivity index (χ4n) is 1.67. The van der Waals surface area contributed by atoms with Crippen LogP contribution in [0.3, 0.4) is 0 Å². The number of aryl methyl sites for hydroxylation is 1. The first kappa shape index (κ1) is 15.8. The molecule has 2 atom stereocenters. The van der Waals surface area contributed by atoms with Crippen LogP contribution in [-0.2, 0) is 6.42 Å². The molecule has 0 heterocycles. The van der Waals surface area contributed by atoms with E-state index in [2.05, 4.69) is 52.9 Å². The molecule has 98 valence electrons. The molecule has 0 bridgehead atoms. The minimum Gasteiger partial charge on any atom is -0.192 e. The molecule has 0 aliphatic heterocycles. The van der Waals surface area contributed by atoms with E-state index in [0.29, 0.717) is 5.56 Å². The van der Waals surface area contributed by atoms with Gasteiger partial charge in [0, 0.05) is 0 Å². The molecule has 1 nitrogen and oxygen atoms in total. The van der Waals surface area contributed by atoms with Crippen LogP contribution in [-0.4, -0.2) is 6.66 Å². The predicted molar refractivity (Wildman–Crippen MR) is 89.9 cm³/mol. The zero-order valence-electron chi connectivity index (χ0n) is 11.4. The smallest absolute Gasteiger partial charge is 0.0991 e. The lowest BCUT2D eigenvalue weighted by molar-refractivity contribution is 1.14. The Labute approximate surface area is 119 Å². The lowest BCUT2D eigenvalue weighted by Gasteiger charge is -2.03. The van der Waals surface area contributed by atoms with E-state index >= 15 is 0 Å². The second kappa shape index (κ2) is 8.82. The van der Waals surface area contributed by atoms with Gasteiger partial charge in [-0.3, -0.25) is 0 Å². The molecule has 0 saturated heterocycles. The summed E-state index contributed by atoms with van der Waals surface area (Å²) < 4.78 is 0. The summed E-state index contributed by atoms with van der Waals surface area (Å²) in [4.78, 5) is 0. The Hall–Kier alpha value is -1.21. The molecule has 19 heavy (non-hydrogen) atoms. The molecule has 2 unspecified atom stereocenters. The average molecular weight is 287 g/mol. The Morgan fingerprint density at radius 1 is 1.00 bits per heavy atom. The highest BCUT2D eigenvalue weighted by atomic mass is 32.0. The number of benzene rings is 2. The molecule has 0 aliphatic rings.